The summed E-state index contributed by atoms with van der Waals surface area (Å²) in [6.07, 6.45) is 4.55. The fraction of sp³-hybridized carbons (Fsp3) is 0.591. The second-order valence-electron chi connectivity index (χ2n) is 7.64. The molecule has 0 saturated carbocycles. The third kappa shape index (κ3) is 6.46. The Morgan fingerprint density at radius 2 is 1.96 bits per heavy atom. The highest BCUT2D eigenvalue weighted by atomic mass is 127. The summed E-state index contributed by atoms with van der Waals surface area (Å²) in [7, 11) is 1.89. The molecule has 1 aromatic carbocycles. The summed E-state index contributed by atoms with van der Waals surface area (Å²) in [6.45, 7) is 10.2. The lowest BCUT2D eigenvalue weighted by Gasteiger charge is -2.39. The molecule has 2 aliphatic heterocycles. The number of nitrogens with one attached hydrogen (secondary N) is 1. The predicted molar refractivity (Wildman–Crippen MR) is 128 cm³/mol. The zero-order chi connectivity index (χ0) is 19.1. The molecule has 2 heterocycles. The van der Waals surface area contributed by atoms with Crippen molar-refractivity contribution in [3.05, 3.63) is 41.5 Å². The van der Waals surface area contributed by atoms with E-state index in [4.69, 9.17) is 4.74 Å². The molecule has 1 aromatic rings. The normalized spacial score (nSPS) is 22.4. The maximum atomic E-state index is 5.56. The maximum Gasteiger partial charge on any atom is 0.193 e. The number of hydrogen-bond donors (Lipinski definition) is 1. The van der Waals surface area contributed by atoms with Gasteiger partial charge in [-0.05, 0) is 32.3 Å². The van der Waals surface area contributed by atoms with Crippen LogP contribution in [-0.2, 0) is 4.74 Å². The summed E-state index contributed by atoms with van der Waals surface area (Å²) in [5, 5.41) is 3.60. The first kappa shape index (κ1) is 23.2. The molecule has 0 spiro atoms. The SMILES string of the molecule is CN=C(NCC(C)N1CCOCC1C)N1CCC(=Cc2ccccc2)CC1.I. The Hall–Kier alpha value is -1.12. The van der Waals surface area contributed by atoms with Crippen molar-refractivity contribution in [3.63, 3.8) is 0 Å². The van der Waals surface area contributed by atoms with Crippen LogP contribution in [0.3, 0.4) is 0 Å². The topological polar surface area (TPSA) is 40.1 Å². The van der Waals surface area contributed by atoms with E-state index >= 15 is 0 Å². The molecule has 0 aliphatic carbocycles. The van der Waals surface area contributed by atoms with Crippen LogP contribution in [0.15, 0.2) is 40.9 Å². The standard InChI is InChI=1S/C22H34N4O.HI/c1-18(26-13-14-27-17-19(26)2)16-24-22(23-3)25-11-9-21(10-12-25)15-20-7-5-4-6-8-20;/h4-8,15,18-19H,9-14,16-17H2,1-3H3,(H,23,24);1H. The fourth-order valence-electron chi connectivity index (χ4n) is 4.02. The van der Waals surface area contributed by atoms with E-state index in [0.717, 1.165) is 58.2 Å². The van der Waals surface area contributed by atoms with Gasteiger partial charge in [0.15, 0.2) is 5.96 Å². The highest BCUT2D eigenvalue weighted by molar-refractivity contribution is 14.0. The number of halogens is 1. The van der Waals surface area contributed by atoms with Gasteiger partial charge in [-0.15, -0.1) is 24.0 Å². The van der Waals surface area contributed by atoms with Crippen LogP contribution in [0, 0.1) is 0 Å². The van der Waals surface area contributed by atoms with E-state index in [-0.39, 0.29) is 24.0 Å². The molecule has 28 heavy (non-hydrogen) atoms. The van der Waals surface area contributed by atoms with Gasteiger partial charge in [-0.25, -0.2) is 0 Å². The van der Waals surface area contributed by atoms with Gasteiger partial charge in [0.1, 0.15) is 0 Å². The van der Waals surface area contributed by atoms with Gasteiger partial charge in [-0.1, -0.05) is 42.0 Å². The van der Waals surface area contributed by atoms with Gasteiger partial charge in [-0.3, -0.25) is 9.89 Å². The van der Waals surface area contributed by atoms with Crippen molar-refractivity contribution < 1.29 is 4.74 Å². The number of hydrogen-bond acceptors (Lipinski definition) is 3. The first-order valence-electron chi connectivity index (χ1n) is 10.2. The zero-order valence-electron chi connectivity index (χ0n) is 17.4. The molecule has 5 nitrogen and oxygen atoms in total. The lowest BCUT2D eigenvalue weighted by atomic mass is 10.0. The molecule has 1 N–H and O–H groups in total. The third-order valence-corrected chi connectivity index (χ3v) is 5.63. The van der Waals surface area contributed by atoms with Gasteiger partial charge in [0.25, 0.3) is 0 Å². The maximum absolute atomic E-state index is 5.56. The molecule has 0 radical (unpaired) electrons. The molecule has 0 bridgehead atoms. The molecule has 2 fully saturated rings. The lowest BCUT2D eigenvalue weighted by molar-refractivity contribution is -0.0175. The molecular formula is C22H35IN4O. The number of nitrogens with zero attached hydrogens (tertiary/aromatic N) is 3. The minimum Gasteiger partial charge on any atom is -0.379 e. The van der Waals surface area contributed by atoms with Crippen molar-refractivity contribution in [2.45, 2.75) is 38.8 Å². The van der Waals surface area contributed by atoms with Crippen LogP contribution in [0.5, 0.6) is 0 Å². The van der Waals surface area contributed by atoms with Crippen LogP contribution in [0.4, 0.5) is 0 Å². The molecule has 0 amide bonds. The van der Waals surface area contributed by atoms with Gasteiger partial charge in [-0.2, -0.15) is 0 Å². The Balaban J connectivity index is 0.00000280. The highest BCUT2D eigenvalue weighted by Crippen LogP contribution is 2.19. The number of ether oxygens (including phenoxy) is 1. The number of morpholine rings is 1. The summed E-state index contributed by atoms with van der Waals surface area (Å²) in [6, 6.07) is 11.6. The largest absolute Gasteiger partial charge is 0.379 e. The van der Waals surface area contributed by atoms with Crippen LogP contribution in [0.2, 0.25) is 0 Å². The van der Waals surface area contributed by atoms with E-state index in [1.54, 1.807) is 0 Å². The molecule has 3 rings (SSSR count). The zero-order valence-corrected chi connectivity index (χ0v) is 19.8. The minimum absolute atomic E-state index is 0. The second kappa shape index (κ2) is 11.8. The molecule has 2 atom stereocenters. The second-order valence-corrected chi connectivity index (χ2v) is 7.64. The summed E-state index contributed by atoms with van der Waals surface area (Å²) in [5.74, 6) is 1.03. The molecule has 156 valence electrons. The summed E-state index contributed by atoms with van der Waals surface area (Å²) < 4.78 is 5.56. The van der Waals surface area contributed by atoms with Crippen molar-refractivity contribution in [2.75, 3.05) is 46.4 Å². The molecule has 2 unspecified atom stereocenters. The molecule has 2 aliphatic rings. The fourth-order valence-corrected chi connectivity index (χ4v) is 4.02. The number of rotatable bonds is 4. The number of guanidine groups is 1. The Morgan fingerprint density at radius 3 is 2.61 bits per heavy atom. The van der Waals surface area contributed by atoms with Gasteiger partial charge in [0, 0.05) is 45.3 Å². The van der Waals surface area contributed by atoms with Crippen molar-refractivity contribution in [1.29, 1.82) is 0 Å². The van der Waals surface area contributed by atoms with E-state index in [9.17, 15) is 0 Å². The average molecular weight is 498 g/mol. The van der Waals surface area contributed by atoms with Crippen LogP contribution < -0.4 is 5.32 Å². The number of likely N-dealkylation sites (tertiary alicyclic amines) is 1. The lowest BCUT2D eigenvalue weighted by Crippen LogP contribution is -2.53. The van der Waals surface area contributed by atoms with E-state index in [1.165, 1.54) is 11.1 Å². The third-order valence-electron chi connectivity index (χ3n) is 5.63. The van der Waals surface area contributed by atoms with Gasteiger partial charge >= 0.3 is 0 Å². The van der Waals surface area contributed by atoms with E-state index in [0.29, 0.717) is 12.1 Å². The Labute approximate surface area is 187 Å². The van der Waals surface area contributed by atoms with Crippen LogP contribution in [0.25, 0.3) is 6.08 Å². The Morgan fingerprint density at radius 1 is 1.25 bits per heavy atom. The average Bonchev–Trinajstić information content (AvgIpc) is 2.70. The first-order valence-corrected chi connectivity index (χ1v) is 10.2. The number of benzene rings is 1. The van der Waals surface area contributed by atoms with Crippen molar-refractivity contribution in [2.24, 2.45) is 4.99 Å². The number of aliphatic imine (C=N–C) groups is 1. The number of piperidine rings is 1. The van der Waals surface area contributed by atoms with E-state index in [2.05, 4.69) is 70.4 Å². The van der Waals surface area contributed by atoms with Crippen molar-refractivity contribution in [1.82, 2.24) is 15.1 Å². The molecule has 6 heteroatoms. The van der Waals surface area contributed by atoms with Crippen LogP contribution in [-0.4, -0.2) is 74.3 Å². The molecule has 2 saturated heterocycles. The van der Waals surface area contributed by atoms with Crippen molar-refractivity contribution >= 4 is 36.0 Å². The summed E-state index contributed by atoms with van der Waals surface area (Å²) in [5.41, 5.74) is 2.83. The van der Waals surface area contributed by atoms with E-state index in [1.807, 2.05) is 7.05 Å². The monoisotopic (exact) mass is 498 g/mol. The van der Waals surface area contributed by atoms with E-state index < -0.39 is 0 Å². The first-order chi connectivity index (χ1) is 13.2. The van der Waals surface area contributed by atoms with Crippen molar-refractivity contribution in [3.8, 4) is 0 Å². The van der Waals surface area contributed by atoms with Crippen LogP contribution in [0.1, 0.15) is 32.3 Å². The Bertz CT molecular complexity index is 639. The smallest absolute Gasteiger partial charge is 0.193 e. The Kier molecular flexibility index (Phi) is 9.74. The quantitative estimate of drug-likeness (QED) is 0.392. The molecule has 0 aromatic heterocycles. The minimum atomic E-state index is 0. The van der Waals surface area contributed by atoms with Gasteiger partial charge in [0.05, 0.1) is 13.2 Å². The summed E-state index contributed by atoms with van der Waals surface area (Å²) >= 11 is 0. The van der Waals surface area contributed by atoms with Gasteiger partial charge in [0.2, 0.25) is 0 Å². The predicted octanol–water partition coefficient (Wildman–Crippen LogP) is 3.47. The highest BCUT2D eigenvalue weighted by Gasteiger charge is 2.24. The summed E-state index contributed by atoms with van der Waals surface area (Å²) in [4.78, 5) is 9.44. The molecular weight excluding hydrogens is 463 g/mol. The van der Waals surface area contributed by atoms with Crippen LogP contribution >= 0.6 is 24.0 Å². The van der Waals surface area contributed by atoms with Gasteiger partial charge < -0.3 is 15.0 Å².